The van der Waals surface area contributed by atoms with Crippen LogP contribution in [0.2, 0.25) is 5.02 Å². The molecule has 0 bridgehead atoms. The van der Waals surface area contributed by atoms with Crippen molar-refractivity contribution in [2.75, 3.05) is 42.8 Å². The fraction of sp³-hybridized carbons (Fsp3) is 0.312. The van der Waals surface area contributed by atoms with Crippen LogP contribution in [-0.2, 0) is 10.0 Å². The number of hydrogen-bond acceptors (Lipinski definition) is 5. The average Bonchev–Trinajstić information content (AvgIpc) is 2.56. The summed E-state index contributed by atoms with van der Waals surface area (Å²) in [6.45, 7) is 3.88. The number of aromatic nitrogens is 1. The molecule has 0 unspecified atom stereocenters. The van der Waals surface area contributed by atoms with Gasteiger partial charge in [-0.3, -0.25) is 4.72 Å². The van der Waals surface area contributed by atoms with E-state index < -0.39 is 10.0 Å². The van der Waals surface area contributed by atoms with Crippen LogP contribution in [0.3, 0.4) is 0 Å². The SMILES string of the molecule is CN1CCN(c2ccc(NS(=O)(=O)c3cccc(Cl)c3)nc2)CC1. The summed E-state index contributed by atoms with van der Waals surface area (Å²) in [5, 5.41) is 0.372. The van der Waals surface area contributed by atoms with E-state index in [0.29, 0.717) is 5.02 Å². The summed E-state index contributed by atoms with van der Waals surface area (Å²) in [5.74, 6) is 0.285. The van der Waals surface area contributed by atoms with E-state index in [1.54, 1.807) is 24.4 Å². The highest BCUT2D eigenvalue weighted by molar-refractivity contribution is 7.92. The number of nitrogens with zero attached hydrogens (tertiary/aromatic N) is 3. The molecule has 1 aliphatic rings. The van der Waals surface area contributed by atoms with Crippen LogP contribution in [0.5, 0.6) is 0 Å². The molecule has 1 aromatic heterocycles. The van der Waals surface area contributed by atoms with Crippen LogP contribution in [-0.4, -0.2) is 51.5 Å². The lowest BCUT2D eigenvalue weighted by Crippen LogP contribution is -2.44. The van der Waals surface area contributed by atoms with E-state index in [9.17, 15) is 8.42 Å². The van der Waals surface area contributed by atoms with E-state index in [0.717, 1.165) is 31.9 Å². The molecule has 2 heterocycles. The molecular formula is C16H19ClN4O2S. The number of sulfonamides is 1. The predicted molar refractivity (Wildman–Crippen MR) is 96.2 cm³/mol. The molecule has 3 rings (SSSR count). The van der Waals surface area contributed by atoms with Gasteiger partial charge in [-0.15, -0.1) is 0 Å². The largest absolute Gasteiger partial charge is 0.368 e. The second kappa shape index (κ2) is 6.96. The molecule has 1 aromatic carbocycles. The molecule has 128 valence electrons. The van der Waals surface area contributed by atoms with E-state index >= 15 is 0 Å². The molecule has 0 saturated carbocycles. The first-order valence-electron chi connectivity index (χ1n) is 7.62. The zero-order valence-electron chi connectivity index (χ0n) is 13.3. The van der Waals surface area contributed by atoms with Gasteiger partial charge in [0.1, 0.15) is 5.82 Å². The van der Waals surface area contributed by atoms with Crippen LogP contribution in [0.1, 0.15) is 0 Å². The Morgan fingerprint density at radius 3 is 2.50 bits per heavy atom. The summed E-state index contributed by atoms with van der Waals surface area (Å²) in [4.78, 5) is 8.85. The van der Waals surface area contributed by atoms with Crippen molar-refractivity contribution in [3.8, 4) is 0 Å². The highest BCUT2D eigenvalue weighted by atomic mass is 35.5. The Hall–Kier alpha value is -1.83. The normalized spacial score (nSPS) is 16.2. The lowest BCUT2D eigenvalue weighted by molar-refractivity contribution is 0.313. The van der Waals surface area contributed by atoms with E-state index in [1.165, 1.54) is 12.1 Å². The maximum absolute atomic E-state index is 12.4. The monoisotopic (exact) mass is 366 g/mol. The summed E-state index contributed by atoms with van der Waals surface area (Å²) in [7, 11) is -1.60. The topological polar surface area (TPSA) is 65.5 Å². The maximum atomic E-state index is 12.4. The second-order valence-corrected chi connectivity index (χ2v) is 7.87. The number of likely N-dealkylation sites (N-methyl/N-ethyl adjacent to an activating group) is 1. The van der Waals surface area contributed by atoms with Crippen molar-refractivity contribution in [2.45, 2.75) is 4.90 Å². The number of anilines is 2. The molecule has 1 N–H and O–H groups in total. The zero-order valence-corrected chi connectivity index (χ0v) is 14.9. The molecule has 24 heavy (non-hydrogen) atoms. The average molecular weight is 367 g/mol. The third-order valence-corrected chi connectivity index (χ3v) is 5.55. The van der Waals surface area contributed by atoms with Gasteiger partial charge in [0.15, 0.2) is 0 Å². The van der Waals surface area contributed by atoms with E-state index in [1.807, 2.05) is 6.07 Å². The fourth-order valence-electron chi connectivity index (χ4n) is 2.53. The third kappa shape index (κ3) is 3.98. The minimum absolute atomic E-state index is 0.111. The number of rotatable bonds is 4. The Kier molecular flexibility index (Phi) is 4.93. The maximum Gasteiger partial charge on any atom is 0.263 e. The Labute approximate surface area is 147 Å². The molecule has 0 amide bonds. The van der Waals surface area contributed by atoms with Gasteiger partial charge in [0.05, 0.1) is 16.8 Å². The van der Waals surface area contributed by atoms with Crippen molar-refractivity contribution < 1.29 is 8.42 Å². The molecular weight excluding hydrogens is 348 g/mol. The highest BCUT2D eigenvalue weighted by Gasteiger charge is 2.17. The first-order valence-corrected chi connectivity index (χ1v) is 9.48. The summed E-state index contributed by atoms with van der Waals surface area (Å²) < 4.78 is 27.2. The predicted octanol–water partition coefficient (Wildman–Crippen LogP) is 2.29. The van der Waals surface area contributed by atoms with Gasteiger partial charge >= 0.3 is 0 Å². The fourth-order valence-corrected chi connectivity index (χ4v) is 3.84. The van der Waals surface area contributed by atoms with Gasteiger partial charge in [0.2, 0.25) is 0 Å². The van der Waals surface area contributed by atoms with Crippen LogP contribution in [0.15, 0.2) is 47.5 Å². The number of benzene rings is 1. The standard InChI is InChI=1S/C16H19ClN4O2S/c1-20-7-9-21(10-8-20)14-5-6-16(18-12-14)19-24(22,23)15-4-2-3-13(17)11-15/h2-6,11-12H,7-10H2,1H3,(H,18,19). The lowest BCUT2D eigenvalue weighted by atomic mass is 10.3. The van der Waals surface area contributed by atoms with Gasteiger partial charge in [-0.25, -0.2) is 13.4 Å². The van der Waals surface area contributed by atoms with Crippen molar-refractivity contribution in [1.29, 1.82) is 0 Å². The molecule has 0 atom stereocenters. The summed E-state index contributed by atoms with van der Waals surface area (Å²) in [6, 6.07) is 9.68. The van der Waals surface area contributed by atoms with E-state index in [-0.39, 0.29) is 10.7 Å². The van der Waals surface area contributed by atoms with Crippen molar-refractivity contribution >= 4 is 33.1 Å². The van der Waals surface area contributed by atoms with Crippen LogP contribution in [0, 0.1) is 0 Å². The van der Waals surface area contributed by atoms with Gasteiger partial charge in [-0.05, 0) is 37.4 Å². The number of nitrogens with one attached hydrogen (secondary N) is 1. The molecule has 1 fully saturated rings. The Bertz CT molecular complexity index is 803. The van der Waals surface area contributed by atoms with Crippen LogP contribution < -0.4 is 9.62 Å². The van der Waals surface area contributed by atoms with Crippen LogP contribution >= 0.6 is 11.6 Å². The molecule has 0 aliphatic carbocycles. The minimum Gasteiger partial charge on any atom is -0.368 e. The number of halogens is 1. The van der Waals surface area contributed by atoms with Crippen molar-refractivity contribution in [3.05, 3.63) is 47.6 Å². The van der Waals surface area contributed by atoms with Gasteiger partial charge in [0, 0.05) is 31.2 Å². The molecule has 0 spiro atoms. The van der Waals surface area contributed by atoms with Crippen molar-refractivity contribution in [2.24, 2.45) is 0 Å². The van der Waals surface area contributed by atoms with Gasteiger partial charge < -0.3 is 9.80 Å². The van der Waals surface area contributed by atoms with Crippen molar-refractivity contribution in [1.82, 2.24) is 9.88 Å². The highest BCUT2D eigenvalue weighted by Crippen LogP contribution is 2.20. The molecule has 0 radical (unpaired) electrons. The Morgan fingerprint density at radius 2 is 1.88 bits per heavy atom. The smallest absolute Gasteiger partial charge is 0.263 e. The minimum atomic E-state index is -3.70. The molecule has 1 saturated heterocycles. The van der Waals surface area contributed by atoms with Gasteiger partial charge in [-0.2, -0.15) is 0 Å². The number of piperazine rings is 1. The summed E-state index contributed by atoms with van der Waals surface area (Å²) >= 11 is 5.85. The summed E-state index contributed by atoms with van der Waals surface area (Å²) in [5.41, 5.74) is 0.994. The quantitative estimate of drug-likeness (QED) is 0.899. The second-order valence-electron chi connectivity index (χ2n) is 5.75. The molecule has 8 heteroatoms. The van der Waals surface area contributed by atoms with Crippen LogP contribution in [0.25, 0.3) is 0 Å². The third-order valence-electron chi connectivity index (χ3n) is 3.96. The molecule has 1 aliphatic heterocycles. The van der Waals surface area contributed by atoms with E-state index in [2.05, 4.69) is 26.6 Å². The zero-order chi connectivity index (χ0) is 17.2. The number of hydrogen-bond donors (Lipinski definition) is 1. The number of pyridine rings is 1. The van der Waals surface area contributed by atoms with Gasteiger partial charge in [-0.1, -0.05) is 17.7 Å². The van der Waals surface area contributed by atoms with Crippen molar-refractivity contribution in [3.63, 3.8) is 0 Å². The lowest BCUT2D eigenvalue weighted by Gasteiger charge is -2.33. The molecule has 2 aromatic rings. The van der Waals surface area contributed by atoms with Gasteiger partial charge in [0.25, 0.3) is 10.0 Å². The van der Waals surface area contributed by atoms with Crippen LogP contribution in [0.4, 0.5) is 11.5 Å². The Balaban J connectivity index is 1.72. The first kappa shape index (κ1) is 17.0. The summed E-state index contributed by atoms with van der Waals surface area (Å²) in [6.07, 6.45) is 1.70. The Morgan fingerprint density at radius 1 is 1.12 bits per heavy atom. The van der Waals surface area contributed by atoms with E-state index in [4.69, 9.17) is 11.6 Å². The first-order chi connectivity index (χ1) is 11.4. The molecule has 6 nitrogen and oxygen atoms in total.